The van der Waals surface area contributed by atoms with Gasteiger partial charge in [0.15, 0.2) is 5.69 Å². The van der Waals surface area contributed by atoms with Gasteiger partial charge in [0.2, 0.25) is 5.88 Å². The Balaban J connectivity index is 1.12. The van der Waals surface area contributed by atoms with Crippen LogP contribution >= 0.6 is 0 Å². The molecule has 0 radical (unpaired) electrons. The molecule has 4 aliphatic rings. The molecule has 0 amide bonds. The Hall–Kier alpha value is -4.79. The second-order valence-electron chi connectivity index (χ2n) is 13.2. The van der Waals surface area contributed by atoms with Crippen molar-refractivity contribution in [3.05, 3.63) is 78.1 Å². The van der Waals surface area contributed by atoms with Gasteiger partial charge in [0.05, 0.1) is 17.7 Å². The number of ether oxygens (including phenoxy) is 2. The Kier molecular flexibility index (Phi) is 6.58. The van der Waals surface area contributed by atoms with Gasteiger partial charge < -0.3 is 24.7 Å². The number of para-hydroxylation sites is 1. The van der Waals surface area contributed by atoms with E-state index in [2.05, 4.69) is 4.98 Å². The van der Waals surface area contributed by atoms with Gasteiger partial charge in [-0.15, -0.1) is 0 Å². The fourth-order valence-electron chi connectivity index (χ4n) is 8.97. The summed E-state index contributed by atoms with van der Waals surface area (Å²) in [6.07, 6.45) is 8.60. The van der Waals surface area contributed by atoms with Crippen molar-refractivity contribution in [3.8, 4) is 22.8 Å². The predicted molar refractivity (Wildman–Crippen MR) is 169 cm³/mol. The Morgan fingerprint density at radius 2 is 1.58 bits per heavy atom. The van der Waals surface area contributed by atoms with Crippen molar-refractivity contribution < 1.29 is 29.3 Å². The van der Waals surface area contributed by atoms with Crippen LogP contribution in [0.3, 0.4) is 0 Å². The van der Waals surface area contributed by atoms with E-state index in [9.17, 15) is 19.8 Å². The minimum atomic E-state index is -1.42. The number of nitrogens with zero attached hydrogens (tertiary/aromatic N) is 2. The number of carbonyl (C=O) groups is 2. The summed E-state index contributed by atoms with van der Waals surface area (Å²) >= 11 is 0. The zero-order valence-electron chi connectivity index (χ0n) is 24.9. The first-order valence-electron chi connectivity index (χ1n) is 15.9. The number of hydrogen-bond acceptors (Lipinski definition) is 5. The molecule has 9 nitrogen and oxygen atoms in total. The fourth-order valence-corrected chi connectivity index (χ4v) is 8.97. The van der Waals surface area contributed by atoms with Gasteiger partial charge in [0.25, 0.3) is 0 Å². The van der Waals surface area contributed by atoms with Crippen LogP contribution in [0.2, 0.25) is 0 Å². The van der Waals surface area contributed by atoms with Gasteiger partial charge in [-0.1, -0.05) is 54.6 Å². The highest BCUT2D eigenvalue weighted by Crippen LogP contribution is 2.59. The van der Waals surface area contributed by atoms with Crippen LogP contribution in [-0.2, 0) is 12.0 Å². The van der Waals surface area contributed by atoms with E-state index in [-0.39, 0.29) is 17.1 Å². The Bertz CT molecular complexity index is 1910. The summed E-state index contributed by atoms with van der Waals surface area (Å²) in [6, 6.07) is 19.7. The van der Waals surface area contributed by atoms with Crippen LogP contribution in [0.25, 0.3) is 32.8 Å². The molecule has 0 saturated heterocycles. The van der Waals surface area contributed by atoms with Gasteiger partial charge in [0.1, 0.15) is 5.75 Å². The van der Waals surface area contributed by atoms with Gasteiger partial charge in [-0.05, 0) is 80.6 Å². The molecule has 4 bridgehead atoms. The number of hydrogen-bond donors (Lipinski definition) is 3. The standard InChI is InChI=1S/C36H35N3O6/c40-34(41)32-29(20-39(38-32)36-17-21-14-22(18-36)16-23(15-21)19-36)27-10-4-9-26-28(33(37-31(26)27)45-35(42)43)11-5-13-44-30-12-3-7-24-6-1-2-8-25(24)30/h1-4,6-10,12,20-23,37H,5,11,13-19H2,(H,40,41)(H,42,43). The minimum Gasteiger partial charge on any atom is -0.493 e. The smallest absolute Gasteiger partial charge is 0.493 e. The lowest BCUT2D eigenvalue weighted by Crippen LogP contribution is -2.52. The van der Waals surface area contributed by atoms with Gasteiger partial charge in [-0.25, -0.2) is 9.59 Å². The molecular weight excluding hydrogens is 570 g/mol. The average molecular weight is 606 g/mol. The molecule has 0 unspecified atom stereocenters. The highest BCUT2D eigenvalue weighted by molar-refractivity contribution is 6.03. The monoisotopic (exact) mass is 605 g/mol. The molecule has 9 heteroatoms. The third-order valence-electron chi connectivity index (χ3n) is 10.4. The van der Waals surface area contributed by atoms with Crippen LogP contribution in [0, 0.1) is 17.8 Å². The van der Waals surface area contributed by atoms with E-state index in [1.54, 1.807) is 0 Å². The van der Waals surface area contributed by atoms with Crippen LogP contribution in [0.5, 0.6) is 11.6 Å². The summed E-state index contributed by atoms with van der Waals surface area (Å²) in [5.41, 5.74) is 2.41. The molecule has 0 atom stereocenters. The third kappa shape index (κ3) is 4.81. The number of benzene rings is 3. The number of nitrogens with one attached hydrogen (secondary N) is 1. The topological polar surface area (TPSA) is 127 Å². The first-order chi connectivity index (χ1) is 21.9. The summed E-state index contributed by atoms with van der Waals surface area (Å²) in [7, 11) is 0. The summed E-state index contributed by atoms with van der Waals surface area (Å²) < 4.78 is 13.3. The van der Waals surface area contributed by atoms with Gasteiger partial charge in [-0.3, -0.25) is 4.68 Å². The molecule has 4 fully saturated rings. The van der Waals surface area contributed by atoms with Gasteiger partial charge in [0, 0.05) is 33.7 Å². The molecule has 45 heavy (non-hydrogen) atoms. The fraction of sp³-hybridized carbons (Fsp3) is 0.361. The van der Waals surface area contributed by atoms with E-state index >= 15 is 0 Å². The second kappa shape index (κ2) is 10.7. The highest BCUT2D eigenvalue weighted by Gasteiger charge is 2.52. The van der Waals surface area contributed by atoms with Crippen LogP contribution in [-0.4, -0.2) is 43.7 Å². The van der Waals surface area contributed by atoms with E-state index in [0.717, 1.165) is 41.2 Å². The van der Waals surface area contributed by atoms with E-state index in [0.29, 0.717) is 59.4 Å². The molecule has 3 N–H and O–H groups in total. The third-order valence-corrected chi connectivity index (χ3v) is 10.4. The van der Waals surface area contributed by atoms with Crippen LogP contribution < -0.4 is 9.47 Å². The number of H-pyrrole nitrogens is 1. The number of aromatic nitrogens is 3. The zero-order valence-corrected chi connectivity index (χ0v) is 24.9. The molecule has 4 aliphatic carbocycles. The average Bonchev–Trinajstić information content (AvgIpc) is 3.61. The number of aryl methyl sites for hydroxylation is 1. The van der Waals surface area contributed by atoms with E-state index < -0.39 is 12.1 Å². The largest absolute Gasteiger partial charge is 0.512 e. The molecule has 2 aromatic heterocycles. The number of aromatic carboxylic acids is 1. The van der Waals surface area contributed by atoms with Gasteiger partial charge in [-0.2, -0.15) is 5.10 Å². The van der Waals surface area contributed by atoms with Crippen LogP contribution in [0.1, 0.15) is 61.0 Å². The SMILES string of the molecule is O=C(O)Oc1[nH]c2c(-c3cn(C45CC6CC(CC(C6)C4)C5)nc3C(=O)O)cccc2c1CCCOc1cccc2ccccc12. The molecular formula is C36H35N3O6. The lowest BCUT2D eigenvalue weighted by atomic mass is 9.53. The number of carboxylic acid groups (broad SMARTS) is 2. The summed E-state index contributed by atoms with van der Waals surface area (Å²) in [5.74, 6) is 1.92. The van der Waals surface area contributed by atoms with E-state index in [1.807, 2.05) is 71.5 Å². The van der Waals surface area contributed by atoms with Crippen molar-refractivity contribution in [2.75, 3.05) is 6.61 Å². The normalized spacial score (nSPS) is 23.5. The van der Waals surface area contributed by atoms with Crippen LogP contribution in [0.4, 0.5) is 4.79 Å². The van der Waals surface area contributed by atoms with E-state index in [4.69, 9.17) is 14.6 Å². The maximum absolute atomic E-state index is 12.6. The zero-order chi connectivity index (χ0) is 30.7. The Morgan fingerprint density at radius 3 is 2.31 bits per heavy atom. The lowest BCUT2D eigenvalue weighted by molar-refractivity contribution is -0.0495. The molecule has 2 heterocycles. The first kappa shape index (κ1) is 27.7. The van der Waals surface area contributed by atoms with Crippen molar-refractivity contribution in [1.82, 2.24) is 14.8 Å². The number of rotatable bonds is 9. The molecule has 230 valence electrons. The molecule has 0 spiro atoms. The number of aromatic amines is 1. The maximum atomic E-state index is 12.6. The Morgan fingerprint density at radius 1 is 0.889 bits per heavy atom. The number of carboxylic acids is 1. The molecule has 4 saturated carbocycles. The maximum Gasteiger partial charge on any atom is 0.512 e. The molecule has 5 aromatic rings. The van der Waals surface area contributed by atoms with Crippen molar-refractivity contribution in [3.63, 3.8) is 0 Å². The van der Waals surface area contributed by atoms with Crippen molar-refractivity contribution in [2.45, 2.75) is 56.9 Å². The summed E-state index contributed by atoms with van der Waals surface area (Å²) in [5, 5.41) is 27.5. The van der Waals surface area contributed by atoms with Gasteiger partial charge >= 0.3 is 12.1 Å². The second-order valence-corrected chi connectivity index (χ2v) is 13.2. The summed E-state index contributed by atoms with van der Waals surface area (Å²) in [6.45, 7) is 0.424. The first-order valence-corrected chi connectivity index (χ1v) is 15.9. The van der Waals surface area contributed by atoms with Crippen molar-refractivity contribution in [1.29, 1.82) is 0 Å². The van der Waals surface area contributed by atoms with Crippen LogP contribution in [0.15, 0.2) is 66.9 Å². The quantitative estimate of drug-likeness (QED) is 0.115. The van der Waals surface area contributed by atoms with Crippen molar-refractivity contribution >= 4 is 33.8 Å². The van der Waals surface area contributed by atoms with E-state index in [1.165, 1.54) is 19.3 Å². The highest BCUT2D eigenvalue weighted by atomic mass is 16.7. The molecule has 9 rings (SSSR count). The lowest BCUT2D eigenvalue weighted by Gasteiger charge is -2.56. The van der Waals surface area contributed by atoms with Crippen molar-refractivity contribution in [2.24, 2.45) is 17.8 Å². The number of fused-ring (bicyclic) bond motifs is 2. The molecule has 3 aromatic carbocycles. The molecule has 0 aliphatic heterocycles. The Labute approximate surface area is 259 Å². The predicted octanol–water partition coefficient (Wildman–Crippen LogP) is 7.88. The minimum absolute atomic E-state index is 0.0126. The summed E-state index contributed by atoms with van der Waals surface area (Å²) in [4.78, 5) is 27.4.